The van der Waals surface area contributed by atoms with Crippen molar-refractivity contribution in [3.05, 3.63) is 48.0 Å². The molecule has 1 atom stereocenters. The topological polar surface area (TPSA) is 9.23 Å². The molecule has 1 unspecified atom stereocenters. The van der Waals surface area contributed by atoms with Crippen LogP contribution < -0.4 is 0 Å². The number of allylic oxidation sites excluding steroid dienone is 1. The summed E-state index contributed by atoms with van der Waals surface area (Å²) in [5.41, 5.74) is 4.02. The van der Waals surface area contributed by atoms with Gasteiger partial charge in [0.2, 0.25) is 0 Å². The van der Waals surface area contributed by atoms with Gasteiger partial charge in [0.25, 0.3) is 8.32 Å². The Kier molecular flexibility index (Phi) is 7.83. The highest BCUT2D eigenvalue weighted by Crippen LogP contribution is 2.42. The second kappa shape index (κ2) is 9.13. The minimum absolute atomic E-state index is 0.155. The fourth-order valence-corrected chi connectivity index (χ4v) is 8.77. The molecule has 0 fully saturated rings. The third kappa shape index (κ3) is 5.01. The minimum Gasteiger partial charge on any atom is -0.500 e. The van der Waals surface area contributed by atoms with Gasteiger partial charge in [-0.2, -0.15) is 0 Å². The molecular weight excluding hydrogens is 308 g/mol. The Labute approximate surface area is 150 Å². The van der Waals surface area contributed by atoms with Crippen molar-refractivity contribution in [3.8, 4) is 12.0 Å². The van der Waals surface area contributed by atoms with Crippen molar-refractivity contribution in [2.45, 2.75) is 77.4 Å². The van der Waals surface area contributed by atoms with Crippen LogP contribution in [0, 0.1) is 12.0 Å². The first-order chi connectivity index (χ1) is 11.2. The van der Waals surface area contributed by atoms with E-state index in [9.17, 15) is 0 Å². The van der Waals surface area contributed by atoms with Gasteiger partial charge in [-0.15, -0.1) is 6.58 Å². The molecule has 0 heterocycles. The van der Waals surface area contributed by atoms with E-state index in [1.807, 2.05) is 6.07 Å². The van der Waals surface area contributed by atoms with Crippen LogP contribution in [0.4, 0.5) is 0 Å². The standard InChI is InChI=1S/C22H34OSi/c1-17(2)16-22(21-12-10-9-11-13-21)14-15-23-24(18(3)4,19(5)6)20(7)8/h9-13,18-20,22H,1,16H2,2-8H3. The molecule has 0 radical (unpaired) electrons. The van der Waals surface area contributed by atoms with Gasteiger partial charge in [-0.25, -0.2) is 0 Å². The molecule has 132 valence electrons. The summed E-state index contributed by atoms with van der Waals surface area (Å²) in [5.74, 6) is 3.54. The second-order valence-corrected chi connectivity index (χ2v) is 13.2. The maximum atomic E-state index is 6.40. The number of hydrogen-bond donors (Lipinski definition) is 0. The molecule has 2 heteroatoms. The van der Waals surface area contributed by atoms with E-state index in [4.69, 9.17) is 4.43 Å². The molecule has 0 saturated carbocycles. The van der Waals surface area contributed by atoms with E-state index >= 15 is 0 Å². The molecule has 0 aliphatic rings. The molecule has 0 N–H and O–H groups in total. The smallest absolute Gasteiger partial charge is 0.272 e. The van der Waals surface area contributed by atoms with E-state index in [-0.39, 0.29) is 5.92 Å². The van der Waals surface area contributed by atoms with Gasteiger partial charge in [0.15, 0.2) is 0 Å². The molecule has 0 spiro atoms. The van der Waals surface area contributed by atoms with Gasteiger partial charge in [0.1, 0.15) is 0 Å². The van der Waals surface area contributed by atoms with Crippen LogP contribution in [0.3, 0.4) is 0 Å². The first kappa shape index (κ1) is 20.6. The molecule has 0 aliphatic carbocycles. The van der Waals surface area contributed by atoms with Crippen molar-refractivity contribution in [3.63, 3.8) is 0 Å². The van der Waals surface area contributed by atoms with Crippen LogP contribution in [-0.2, 0) is 4.43 Å². The monoisotopic (exact) mass is 342 g/mol. The predicted molar refractivity (Wildman–Crippen MR) is 109 cm³/mol. The fourth-order valence-electron chi connectivity index (χ4n) is 3.83. The van der Waals surface area contributed by atoms with Crippen molar-refractivity contribution >= 4 is 8.32 Å². The summed E-state index contributed by atoms with van der Waals surface area (Å²) in [6.45, 7) is 19.9. The molecule has 0 amide bonds. The first-order valence-corrected chi connectivity index (χ1v) is 11.2. The van der Waals surface area contributed by atoms with Crippen LogP contribution >= 0.6 is 0 Å². The molecule has 0 bridgehead atoms. The van der Waals surface area contributed by atoms with E-state index in [1.165, 1.54) is 5.56 Å². The van der Waals surface area contributed by atoms with E-state index in [0.29, 0.717) is 16.6 Å². The van der Waals surface area contributed by atoms with E-state index < -0.39 is 8.32 Å². The van der Waals surface area contributed by atoms with Gasteiger partial charge in [-0.1, -0.05) is 83.4 Å². The summed E-state index contributed by atoms with van der Waals surface area (Å²) in [7, 11) is -1.93. The first-order valence-electron chi connectivity index (χ1n) is 9.09. The van der Waals surface area contributed by atoms with Crippen LogP contribution in [0.2, 0.25) is 16.6 Å². The molecule has 0 aliphatic heterocycles. The molecule has 1 aromatic rings. The quantitative estimate of drug-likeness (QED) is 0.298. The zero-order valence-electron chi connectivity index (χ0n) is 16.5. The zero-order chi connectivity index (χ0) is 18.3. The lowest BCUT2D eigenvalue weighted by Gasteiger charge is -2.39. The third-order valence-corrected chi connectivity index (χ3v) is 10.8. The molecule has 0 saturated heterocycles. The second-order valence-electron chi connectivity index (χ2n) is 7.79. The van der Waals surface area contributed by atoms with E-state index in [1.54, 1.807) is 0 Å². The summed E-state index contributed by atoms with van der Waals surface area (Å²) in [6.07, 6.45) is 4.02. The Morgan fingerprint density at radius 2 is 1.50 bits per heavy atom. The lowest BCUT2D eigenvalue weighted by atomic mass is 9.94. The van der Waals surface area contributed by atoms with Gasteiger partial charge in [0.05, 0.1) is 12.0 Å². The van der Waals surface area contributed by atoms with Gasteiger partial charge in [0, 0.05) is 0 Å². The average Bonchev–Trinajstić information content (AvgIpc) is 2.49. The molecule has 1 nitrogen and oxygen atoms in total. The van der Waals surface area contributed by atoms with Crippen molar-refractivity contribution in [1.29, 1.82) is 0 Å². The van der Waals surface area contributed by atoms with Crippen LogP contribution in [0.25, 0.3) is 0 Å². The Hall–Kier alpha value is -1.46. The maximum absolute atomic E-state index is 6.40. The number of benzene rings is 1. The fraction of sp³-hybridized carbons (Fsp3) is 0.545. The highest BCUT2D eigenvalue weighted by molar-refractivity contribution is 6.77. The minimum atomic E-state index is -1.93. The van der Waals surface area contributed by atoms with Gasteiger partial charge in [-0.05, 0) is 35.5 Å². The average molecular weight is 343 g/mol. The SMILES string of the molecule is C=C(C)CC(C#CO[Si](C(C)C)(C(C)C)C(C)C)c1ccccc1. The maximum Gasteiger partial charge on any atom is 0.272 e. The summed E-state index contributed by atoms with van der Waals surface area (Å²) in [5, 5.41) is 0. The third-order valence-electron chi connectivity index (χ3n) is 4.92. The largest absolute Gasteiger partial charge is 0.500 e. The van der Waals surface area contributed by atoms with Crippen LogP contribution in [0.1, 0.15) is 66.4 Å². The van der Waals surface area contributed by atoms with E-state index in [2.05, 4.69) is 91.3 Å². The highest BCUT2D eigenvalue weighted by atomic mass is 28.4. The van der Waals surface area contributed by atoms with Gasteiger partial charge >= 0.3 is 0 Å². The van der Waals surface area contributed by atoms with Crippen molar-refractivity contribution in [2.24, 2.45) is 0 Å². The molecule has 1 rings (SSSR count). The summed E-state index contributed by atoms with van der Waals surface area (Å²) < 4.78 is 6.40. The normalized spacial score (nSPS) is 12.9. The summed E-state index contributed by atoms with van der Waals surface area (Å²) in [6, 6.07) is 10.5. The van der Waals surface area contributed by atoms with Crippen LogP contribution in [0.15, 0.2) is 42.5 Å². The number of hydrogen-bond acceptors (Lipinski definition) is 1. The summed E-state index contributed by atoms with van der Waals surface area (Å²) in [4.78, 5) is 0. The Balaban J connectivity index is 3.09. The zero-order valence-corrected chi connectivity index (χ0v) is 17.5. The molecule has 0 aromatic heterocycles. The Morgan fingerprint density at radius 1 is 1.00 bits per heavy atom. The van der Waals surface area contributed by atoms with Crippen LogP contribution in [-0.4, -0.2) is 8.32 Å². The Bertz CT molecular complexity index is 553. The van der Waals surface area contributed by atoms with Gasteiger partial charge in [-0.3, -0.25) is 0 Å². The van der Waals surface area contributed by atoms with Crippen molar-refractivity contribution in [1.82, 2.24) is 0 Å². The van der Waals surface area contributed by atoms with Gasteiger partial charge < -0.3 is 4.43 Å². The van der Waals surface area contributed by atoms with Crippen molar-refractivity contribution < 1.29 is 4.43 Å². The highest BCUT2D eigenvalue weighted by Gasteiger charge is 2.46. The van der Waals surface area contributed by atoms with Crippen molar-refractivity contribution in [2.75, 3.05) is 0 Å². The molecule has 1 aromatic carbocycles. The van der Waals surface area contributed by atoms with Crippen LogP contribution in [0.5, 0.6) is 0 Å². The Morgan fingerprint density at radius 3 is 1.92 bits per heavy atom. The lowest BCUT2D eigenvalue weighted by Crippen LogP contribution is -2.46. The van der Waals surface area contributed by atoms with E-state index in [0.717, 1.165) is 12.0 Å². The molecular formula is C22H34OSi. The number of rotatable bonds is 7. The molecule has 24 heavy (non-hydrogen) atoms. The lowest BCUT2D eigenvalue weighted by molar-refractivity contribution is 0.446. The summed E-state index contributed by atoms with van der Waals surface area (Å²) >= 11 is 0. The predicted octanol–water partition coefficient (Wildman–Crippen LogP) is 6.89.